The molecule has 0 aromatic carbocycles. The number of nitrogens with zero attached hydrogens (tertiary/aromatic N) is 1. The topological polar surface area (TPSA) is 100 Å². The number of furan rings is 1. The fourth-order valence-corrected chi connectivity index (χ4v) is 2.22. The van der Waals surface area contributed by atoms with Crippen molar-refractivity contribution in [2.24, 2.45) is 0 Å². The Kier molecular flexibility index (Phi) is 5.56. The Morgan fingerprint density at radius 3 is 2.83 bits per heavy atom. The highest BCUT2D eigenvalue weighted by molar-refractivity contribution is 5.99. The van der Waals surface area contributed by atoms with Gasteiger partial charge in [-0.15, -0.1) is 0 Å². The third-order valence-corrected chi connectivity index (χ3v) is 3.59. The summed E-state index contributed by atoms with van der Waals surface area (Å²) in [5.74, 6) is 0.199. The van der Waals surface area contributed by atoms with Crippen LogP contribution in [0.25, 0.3) is 0 Å². The minimum Gasteiger partial charge on any atom is -0.459 e. The summed E-state index contributed by atoms with van der Waals surface area (Å²) in [6.07, 6.45) is 3.53. The predicted molar refractivity (Wildman–Crippen MR) is 86.2 cm³/mol. The monoisotopic (exact) mass is 318 g/mol. The first-order valence-corrected chi connectivity index (χ1v) is 7.71. The highest BCUT2D eigenvalue weighted by atomic mass is 16.3. The number of carbonyl (C=O) groups is 2. The predicted octanol–water partition coefficient (Wildman–Crippen LogP) is 2.66. The van der Waals surface area contributed by atoms with Gasteiger partial charge in [-0.1, -0.05) is 20.3 Å². The lowest BCUT2D eigenvalue weighted by Gasteiger charge is -2.11. The summed E-state index contributed by atoms with van der Waals surface area (Å²) in [5, 5.41) is 12.3. The van der Waals surface area contributed by atoms with E-state index in [0.717, 1.165) is 18.5 Å². The average molecular weight is 318 g/mol. The van der Waals surface area contributed by atoms with Gasteiger partial charge >= 0.3 is 0 Å². The highest BCUT2D eigenvalue weighted by Crippen LogP contribution is 2.20. The van der Waals surface area contributed by atoms with Gasteiger partial charge in [0.2, 0.25) is 5.91 Å². The molecule has 2 aromatic heterocycles. The fraction of sp³-hybridized carbons (Fsp3) is 0.438. The van der Waals surface area contributed by atoms with Crippen LogP contribution in [-0.2, 0) is 4.79 Å². The van der Waals surface area contributed by atoms with Crippen molar-refractivity contribution in [1.82, 2.24) is 15.5 Å². The normalized spacial score (nSPS) is 13.3. The molecule has 0 spiro atoms. The zero-order valence-electron chi connectivity index (χ0n) is 13.6. The third-order valence-electron chi connectivity index (χ3n) is 3.59. The van der Waals surface area contributed by atoms with E-state index in [-0.39, 0.29) is 11.7 Å². The first-order chi connectivity index (χ1) is 11.0. The quantitative estimate of drug-likeness (QED) is 0.730. The molecule has 3 N–H and O–H groups in total. The number of amides is 2. The number of anilines is 1. The summed E-state index contributed by atoms with van der Waals surface area (Å²) in [6, 6.07) is 4.26. The molecule has 0 saturated heterocycles. The Labute approximate surface area is 134 Å². The van der Waals surface area contributed by atoms with Crippen molar-refractivity contribution < 1.29 is 14.0 Å². The molecule has 0 unspecified atom stereocenters. The highest BCUT2D eigenvalue weighted by Gasteiger charge is 2.19. The van der Waals surface area contributed by atoms with Crippen molar-refractivity contribution in [2.75, 3.05) is 5.32 Å². The van der Waals surface area contributed by atoms with E-state index in [9.17, 15) is 9.59 Å². The molecule has 7 nitrogen and oxygen atoms in total. The van der Waals surface area contributed by atoms with Crippen LogP contribution in [0, 0.1) is 0 Å². The second-order valence-electron chi connectivity index (χ2n) is 5.56. The lowest BCUT2D eigenvalue weighted by atomic mass is 10.0. The first-order valence-electron chi connectivity index (χ1n) is 7.71. The Hall–Kier alpha value is -2.57. The second kappa shape index (κ2) is 7.62. The van der Waals surface area contributed by atoms with Gasteiger partial charge in [-0.25, -0.2) is 0 Å². The van der Waals surface area contributed by atoms with E-state index >= 15 is 0 Å². The summed E-state index contributed by atoms with van der Waals surface area (Å²) >= 11 is 0. The number of nitrogens with one attached hydrogen (secondary N) is 3. The van der Waals surface area contributed by atoms with Crippen molar-refractivity contribution in [3.8, 4) is 0 Å². The summed E-state index contributed by atoms with van der Waals surface area (Å²) in [7, 11) is 0. The molecule has 23 heavy (non-hydrogen) atoms. The van der Waals surface area contributed by atoms with Gasteiger partial charge in [-0.3, -0.25) is 14.7 Å². The van der Waals surface area contributed by atoms with E-state index in [1.54, 1.807) is 13.0 Å². The van der Waals surface area contributed by atoms with Crippen molar-refractivity contribution in [3.05, 3.63) is 35.9 Å². The van der Waals surface area contributed by atoms with Crippen LogP contribution in [0.1, 0.15) is 55.8 Å². The molecular formula is C16H22N4O3. The molecule has 7 heteroatoms. The molecule has 0 fully saturated rings. The van der Waals surface area contributed by atoms with Crippen LogP contribution in [0.5, 0.6) is 0 Å². The van der Waals surface area contributed by atoms with Gasteiger partial charge < -0.3 is 15.1 Å². The van der Waals surface area contributed by atoms with Gasteiger partial charge in [-0.05, 0) is 31.4 Å². The van der Waals surface area contributed by atoms with Crippen molar-refractivity contribution in [2.45, 2.75) is 45.6 Å². The zero-order valence-corrected chi connectivity index (χ0v) is 13.6. The average Bonchev–Trinajstić information content (AvgIpc) is 3.18. The standard InChI is InChI=1S/C16H22N4O3/c1-4-6-10(2)12-9-14(20-19-12)18-15(21)11(3)17-16(22)13-7-5-8-23-13/h5,7-11H,4,6H2,1-3H3,(H,17,22)(H2,18,19,20,21)/t10-,11+/m1/s1. The van der Waals surface area contributed by atoms with Crippen molar-refractivity contribution in [3.63, 3.8) is 0 Å². The molecule has 124 valence electrons. The summed E-state index contributed by atoms with van der Waals surface area (Å²) in [5.41, 5.74) is 0.981. The van der Waals surface area contributed by atoms with Gasteiger partial charge in [-0.2, -0.15) is 5.10 Å². The van der Waals surface area contributed by atoms with Crippen LogP contribution in [0.2, 0.25) is 0 Å². The maximum Gasteiger partial charge on any atom is 0.287 e. The van der Waals surface area contributed by atoms with Crippen LogP contribution < -0.4 is 10.6 Å². The minimum absolute atomic E-state index is 0.167. The first kappa shape index (κ1) is 16.8. The van der Waals surface area contributed by atoms with E-state index in [2.05, 4.69) is 34.7 Å². The third kappa shape index (κ3) is 4.45. The fourth-order valence-electron chi connectivity index (χ4n) is 2.22. The molecule has 2 rings (SSSR count). The van der Waals surface area contributed by atoms with Gasteiger partial charge in [0, 0.05) is 11.8 Å². The Morgan fingerprint density at radius 1 is 1.39 bits per heavy atom. The maximum absolute atomic E-state index is 12.1. The molecule has 2 heterocycles. The smallest absolute Gasteiger partial charge is 0.287 e. The van der Waals surface area contributed by atoms with Crippen LogP contribution in [0.15, 0.2) is 28.9 Å². The second-order valence-corrected chi connectivity index (χ2v) is 5.56. The number of aromatic amines is 1. The number of hydrogen-bond acceptors (Lipinski definition) is 4. The van der Waals surface area contributed by atoms with Crippen LogP contribution in [0.3, 0.4) is 0 Å². The van der Waals surface area contributed by atoms with Crippen LogP contribution in [0.4, 0.5) is 5.82 Å². The SMILES string of the molecule is CCC[C@@H](C)c1cc(NC(=O)[C@H](C)NC(=O)c2ccco2)n[nH]1. The lowest BCUT2D eigenvalue weighted by Crippen LogP contribution is -2.41. The summed E-state index contributed by atoms with van der Waals surface area (Å²) < 4.78 is 4.99. The van der Waals surface area contributed by atoms with Crippen molar-refractivity contribution in [1.29, 1.82) is 0 Å². The van der Waals surface area contributed by atoms with E-state index in [0.29, 0.717) is 11.7 Å². The van der Waals surface area contributed by atoms with Gasteiger partial charge in [0.05, 0.1) is 6.26 Å². The zero-order chi connectivity index (χ0) is 16.8. The minimum atomic E-state index is -0.708. The van der Waals surface area contributed by atoms with Crippen LogP contribution >= 0.6 is 0 Å². The Morgan fingerprint density at radius 2 is 2.17 bits per heavy atom. The molecule has 2 amide bonds. The van der Waals surface area contributed by atoms with E-state index < -0.39 is 11.9 Å². The van der Waals surface area contributed by atoms with Crippen LogP contribution in [-0.4, -0.2) is 28.1 Å². The number of rotatable bonds is 7. The molecule has 2 atom stereocenters. The molecule has 0 aliphatic carbocycles. The molecule has 0 saturated carbocycles. The van der Waals surface area contributed by atoms with Crippen molar-refractivity contribution >= 4 is 17.6 Å². The number of H-pyrrole nitrogens is 1. The molecular weight excluding hydrogens is 296 g/mol. The Bertz CT molecular complexity index is 648. The lowest BCUT2D eigenvalue weighted by molar-refractivity contribution is -0.117. The van der Waals surface area contributed by atoms with E-state index in [1.807, 2.05) is 6.07 Å². The van der Waals surface area contributed by atoms with Gasteiger partial charge in [0.25, 0.3) is 5.91 Å². The molecule has 0 radical (unpaired) electrons. The maximum atomic E-state index is 12.1. The largest absolute Gasteiger partial charge is 0.459 e. The molecule has 0 aliphatic rings. The number of carbonyl (C=O) groups excluding carboxylic acids is 2. The summed E-state index contributed by atoms with van der Waals surface area (Å²) in [6.45, 7) is 5.83. The molecule has 0 aliphatic heterocycles. The Balaban J connectivity index is 1.89. The summed E-state index contributed by atoms with van der Waals surface area (Å²) in [4.78, 5) is 23.9. The number of hydrogen-bond donors (Lipinski definition) is 3. The molecule has 2 aromatic rings. The van der Waals surface area contributed by atoms with E-state index in [4.69, 9.17) is 4.42 Å². The van der Waals surface area contributed by atoms with Gasteiger partial charge in [0.1, 0.15) is 6.04 Å². The molecule has 0 bridgehead atoms. The number of aromatic nitrogens is 2. The van der Waals surface area contributed by atoms with E-state index in [1.165, 1.54) is 12.3 Å². The van der Waals surface area contributed by atoms with Gasteiger partial charge in [0.15, 0.2) is 11.6 Å².